The average molecular weight is 264 g/mol. The third-order valence-electron chi connectivity index (χ3n) is 3.18. The van der Waals surface area contributed by atoms with Gasteiger partial charge in [0.25, 0.3) is 5.91 Å². The molecular weight excluding hydrogens is 244 g/mol. The minimum atomic E-state index is -0.350. The number of nitrogens with zero attached hydrogens (tertiary/aromatic N) is 1. The van der Waals surface area contributed by atoms with Crippen molar-refractivity contribution in [1.29, 1.82) is 0 Å². The van der Waals surface area contributed by atoms with Crippen LogP contribution in [0.15, 0.2) is 0 Å². The lowest BCUT2D eigenvalue weighted by molar-refractivity contribution is -0.122. The van der Waals surface area contributed by atoms with E-state index in [-0.39, 0.29) is 17.7 Å². The predicted molar refractivity (Wildman–Crippen MR) is 70.3 cm³/mol. The van der Waals surface area contributed by atoms with Crippen LogP contribution in [0.1, 0.15) is 54.9 Å². The lowest BCUT2D eigenvalue weighted by atomic mass is 9.96. The summed E-state index contributed by atoms with van der Waals surface area (Å²) in [6.45, 7) is 3.90. The van der Waals surface area contributed by atoms with E-state index in [1.54, 1.807) is 0 Å². The minimum absolute atomic E-state index is 0.187. The maximum absolute atomic E-state index is 12.0. The van der Waals surface area contributed by atoms with Crippen LogP contribution in [-0.4, -0.2) is 22.0 Å². The van der Waals surface area contributed by atoms with Crippen molar-refractivity contribution < 1.29 is 9.59 Å². The number of carbonyl (C=O) groups excluding carboxylic acids is 2. The lowest BCUT2D eigenvalue weighted by Gasteiger charge is -2.11. The summed E-state index contributed by atoms with van der Waals surface area (Å²) in [6.07, 6.45) is 4.40. The van der Waals surface area contributed by atoms with Crippen molar-refractivity contribution in [3.05, 3.63) is 17.0 Å². The van der Waals surface area contributed by atoms with Gasteiger partial charge >= 0.3 is 0 Å². The molecule has 6 nitrogen and oxygen atoms in total. The molecule has 1 heterocycles. The van der Waals surface area contributed by atoms with Gasteiger partial charge in [0.05, 0.1) is 0 Å². The highest BCUT2D eigenvalue weighted by atomic mass is 16.2. The predicted octanol–water partition coefficient (Wildman–Crippen LogP) is 1.10. The second-order valence-corrected chi connectivity index (χ2v) is 5.34. The Morgan fingerprint density at radius 2 is 2.00 bits per heavy atom. The van der Waals surface area contributed by atoms with Crippen molar-refractivity contribution >= 4 is 11.8 Å². The number of hydrogen-bond donors (Lipinski definition) is 3. The Hall–Kier alpha value is -1.85. The van der Waals surface area contributed by atoms with Gasteiger partial charge < -0.3 is 0 Å². The molecule has 19 heavy (non-hydrogen) atoms. The fourth-order valence-corrected chi connectivity index (χ4v) is 2.28. The van der Waals surface area contributed by atoms with Crippen LogP contribution in [0.4, 0.5) is 0 Å². The first-order valence-corrected chi connectivity index (χ1v) is 6.73. The Balaban J connectivity index is 1.93. The molecule has 1 aliphatic carbocycles. The van der Waals surface area contributed by atoms with E-state index in [4.69, 9.17) is 0 Å². The summed E-state index contributed by atoms with van der Waals surface area (Å²) in [5.41, 5.74) is 7.27. The SMILES string of the molecule is CC(C)CC(=O)NNC(=O)c1n[nH]c2c1CCCC2. The van der Waals surface area contributed by atoms with Crippen LogP contribution in [0.3, 0.4) is 0 Å². The Morgan fingerprint density at radius 3 is 2.74 bits per heavy atom. The number of nitrogens with one attached hydrogen (secondary N) is 3. The number of H-pyrrole nitrogens is 1. The van der Waals surface area contributed by atoms with Crippen molar-refractivity contribution in [2.24, 2.45) is 5.92 Å². The lowest BCUT2D eigenvalue weighted by Crippen LogP contribution is -2.42. The fraction of sp³-hybridized carbons (Fsp3) is 0.615. The summed E-state index contributed by atoms with van der Waals surface area (Å²) in [4.78, 5) is 23.4. The Labute approximate surface area is 112 Å². The number of aryl methyl sites for hydroxylation is 1. The van der Waals surface area contributed by atoms with Gasteiger partial charge in [-0.05, 0) is 31.6 Å². The van der Waals surface area contributed by atoms with E-state index in [2.05, 4.69) is 21.0 Å². The molecule has 1 aliphatic rings. The zero-order chi connectivity index (χ0) is 13.8. The van der Waals surface area contributed by atoms with Crippen LogP contribution in [-0.2, 0) is 17.6 Å². The van der Waals surface area contributed by atoms with Gasteiger partial charge in [-0.25, -0.2) is 0 Å². The largest absolute Gasteiger partial charge is 0.290 e. The number of hydrogen-bond acceptors (Lipinski definition) is 3. The number of amides is 2. The van der Waals surface area contributed by atoms with Gasteiger partial charge in [0, 0.05) is 17.7 Å². The molecule has 6 heteroatoms. The van der Waals surface area contributed by atoms with Crippen LogP contribution < -0.4 is 10.9 Å². The van der Waals surface area contributed by atoms with Gasteiger partial charge in [-0.3, -0.25) is 25.5 Å². The maximum Gasteiger partial charge on any atom is 0.290 e. The van der Waals surface area contributed by atoms with Crippen LogP contribution in [0, 0.1) is 5.92 Å². The number of fused-ring (bicyclic) bond motifs is 1. The van der Waals surface area contributed by atoms with E-state index < -0.39 is 0 Å². The summed E-state index contributed by atoms with van der Waals surface area (Å²) in [6, 6.07) is 0. The molecular formula is C13H20N4O2. The summed E-state index contributed by atoms with van der Waals surface area (Å²) in [5, 5.41) is 6.95. The molecule has 2 rings (SSSR count). The minimum Gasteiger partial charge on any atom is -0.281 e. The molecule has 0 unspecified atom stereocenters. The average Bonchev–Trinajstić information content (AvgIpc) is 2.79. The van der Waals surface area contributed by atoms with Gasteiger partial charge in [-0.2, -0.15) is 5.10 Å². The van der Waals surface area contributed by atoms with E-state index in [1.807, 2.05) is 13.8 Å². The summed E-state index contributed by atoms with van der Waals surface area (Å²) < 4.78 is 0. The molecule has 3 N–H and O–H groups in total. The monoisotopic (exact) mass is 264 g/mol. The summed E-state index contributed by atoms with van der Waals surface area (Å²) in [7, 11) is 0. The molecule has 1 aromatic rings. The summed E-state index contributed by atoms with van der Waals surface area (Å²) in [5.74, 6) is -0.278. The number of aromatic amines is 1. The van der Waals surface area contributed by atoms with Crippen LogP contribution >= 0.6 is 0 Å². The number of aromatic nitrogens is 2. The molecule has 0 saturated carbocycles. The van der Waals surface area contributed by atoms with Crippen molar-refractivity contribution in [1.82, 2.24) is 21.0 Å². The van der Waals surface area contributed by atoms with Gasteiger partial charge in [-0.15, -0.1) is 0 Å². The first-order valence-electron chi connectivity index (χ1n) is 6.73. The molecule has 0 saturated heterocycles. The van der Waals surface area contributed by atoms with Crippen LogP contribution in [0.2, 0.25) is 0 Å². The highest BCUT2D eigenvalue weighted by molar-refractivity contribution is 5.95. The molecule has 0 atom stereocenters. The quantitative estimate of drug-likeness (QED) is 0.714. The molecule has 1 aromatic heterocycles. The molecule has 2 amide bonds. The Kier molecular flexibility index (Phi) is 4.19. The Morgan fingerprint density at radius 1 is 1.26 bits per heavy atom. The van der Waals surface area contributed by atoms with Crippen LogP contribution in [0.5, 0.6) is 0 Å². The molecule has 0 aliphatic heterocycles. The van der Waals surface area contributed by atoms with Crippen molar-refractivity contribution in [3.63, 3.8) is 0 Å². The third kappa shape index (κ3) is 3.33. The van der Waals surface area contributed by atoms with E-state index in [0.29, 0.717) is 12.1 Å². The van der Waals surface area contributed by atoms with Crippen molar-refractivity contribution in [3.8, 4) is 0 Å². The highest BCUT2D eigenvalue weighted by Gasteiger charge is 2.21. The fourth-order valence-electron chi connectivity index (χ4n) is 2.28. The van der Waals surface area contributed by atoms with Gasteiger partial charge in [0.1, 0.15) is 0 Å². The topological polar surface area (TPSA) is 86.9 Å². The normalized spacial score (nSPS) is 14.1. The molecule has 0 spiro atoms. The maximum atomic E-state index is 12.0. The third-order valence-corrected chi connectivity index (χ3v) is 3.18. The number of rotatable bonds is 3. The molecule has 0 fully saturated rings. The van der Waals surface area contributed by atoms with E-state index >= 15 is 0 Å². The van der Waals surface area contributed by atoms with Gasteiger partial charge in [0.2, 0.25) is 5.91 Å². The van der Waals surface area contributed by atoms with Crippen molar-refractivity contribution in [2.45, 2.75) is 46.0 Å². The highest BCUT2D eigenvalue weighted by Crippen LogP contribution is 2.21. The van der Waals surface area contributed by atoms with E-state index in [1.165, 1.54) is 0 Å². The van der Waals surface area contributed by atoms with E-state index in [0.717, 1.165) is 36.9 Å². The smallest absolute Gasteiger partial charge is 0.281 e. The summed E-state index contributed by atoms with van der Waals surface area (Å²) >= 11 is 0. The standard InChI is InChI=1S/C13H20N4O2/c1-8(2)7-11(18)15-17-13(19)12-9-5-3-4-6-10(9)14-16-12/h8H,3-7H2,1-2H3,(H,14,16)(H,15,18)(H,17,19). The second kappa shape index (κ2) is 5.86. The first-order chi connectivity index (χ1) is 9.08. The van der Waals surface area contributed by atoms with Gasteiger partial charge in [-0.1, -0.05) is 13.8 Å². The first kappa shape index (κ1) is 13.6. The molecule has 0 radical (unpaired) electrons. The Bertz CT molecular complexity index is 479. The number of hydrazine groups is 1. The molecule has 0 bridgehead atoms. The zero-order valence-corrected chi connectivity index (χ0v) is 11.4. The zero-order valence-electron chi connectivity index (χ0n) is 11.4. The van der Waals surface area contributed by atoms with Crippen molar-refractivity contribution in [2.75, 3.05) is 0 Å². The van der Waals surface area contributed by atoms with Crippen LogP contribution in [0.25, 0.3) is 0 Å². The number of carbonyl (C=O) groups is 2. The molecule has 104 valence electrons. The van der Waals surface area contributed by atoms with Gasteiger partial charge in [0.15, 0.2) is 5.69 Å². The van der Waals surface area contributed by atoms with E-state index in [9.17, 15) is 9.59 Å². The molecule has 0 aromatic carbocycles. The second-order valence-electron chi connectivity index (χ2n) is 5.34.